The van der Waals surface area contributed by atoms with Crippen LogP contribution in [0.3, 0.4) is 0 Å². The molecule has 0 spiro atoms. The molecule has 0 bridgehead atoms. The molecule has 1 N–H and O–H groups in total. The maximum absolute atomic E-state index is 11.9. The number of methoxy groups -OCH3 is 1. The number of nitrogens with one attached hydrogen (secondary N) is 1. The Morgan fingerprint density at radius 1 is 1.53 bits per heavy atom. The van der Waals surface area contributed by atoms with E-state index in [1.807, 2.05) is 31.2 Å². The standard InChI is InChI=1S/C13H16BrNO2/c1-13(9-6-7-9,12(16)17-2)15-11-5-3-4-10(14)8-11/h3-5,8-9,15H,6-7H2,1-2H3. The number of esters is 1. The van der Waals surface area contributed by atoms with E-state index in [1.165, 1.54) is 7.11 Å². The van der Waals surface area contributed by atoms with E-state index in [-0.39, 0.29) is 5.97 Å². The molecule has 3 nitrogen and oxygen atoms in total. The summed E-state index contributed by atoms with van der Waals surface area (Å²) in [6, 6.07) is 7.81. The van der Waals surface area contributed by atoms with Crippen molar-refractivity contribution < 1.29 is 9.53 Å². The van der Waals surface area contributed by atoms with Crippen LogP contribution in [0.4, 0.5) is 5.69 Å². The first kappa shape index (κ1) is 12.4. The highest BCUT2D eigenvalue weighted by Crippen LogP contribution is 2.42. The Kier molecular flexibility index (Phi) is 3.43. The summed E-state index contributed by atoms with van der Waals surface area (Å²) < 4.78 is 5.90. The topological polar surface area (TPSA) is 38.3 Å². The summed E-state index contributed by atoms with van der Waals surface area (Å²) in [5, 5.41) is 3.30. The van der Waals surface area contributed by atoms with Gasteiger partial charge >= 0.3 is 5.97 Å². The molecule has 4 heteroatoms. The molecule has 0 amide bonds. The van der Waals surface area contributed by atoms with Crippen molar-refractivity contribution in [1.82, 2.24) is 0 Å². The molecule has 92 valence electrons. The Labute approximate surface area is 110 Å². The summed E-state index contributed by atoms with van der Waals surface area (Å²) in [6.45, 7) is 1.91. The number of ether oxygens (including phenoxy) is 1. The Bertz CT molecular complexity index is 431. The largest absolute Gasteiger partial charge is 0.467 e. The second-order valence-corrected chi connectivity index (χ2v) is 5.52. The Morgan fingerprint density at radius 3 is 2.76 bits per heavy atom. The van der Waals surface area contributed by atoms with Crippen LogP contribution in [0.2, 0.25) is 0 Å². The van der Waals surface area contributed by atoms with Crippen molar-refractivity contribution in [3.05, 3.63) is 28.7 Å². The predicted octanol–water partition coefficient (Wildman–Crippen LogP) is 3.20. The second-order valence-electron chi connectivity index (χ2n) is 4.60. The van der Waals surface area contributed by atoms with Gasteiger partial charge in [0, 0.05) is 10.2 Å². The number of halogens is 1. The van der Waals surface area contributed by atoms with Crippen LogP contribution in [0.1, 0.15) is 19.8 Å². The van der Waals surface area contributed by atoms with Gasteiger partial charge in [-0.15, -0.1) is 0 Å². The van der Waals surface area contributed by atoms with Crippen LogP contribution >= 0.6 is 15.9 Å². The third-order valence-electron chi connectivity index (χ3n) is 3.23. The SMILES string of the molecule is COC(=O)C(C)(Nc1cccc(Br)c1)C1CC1. The molecule has 17 heavy (non-hydrogen) atoms. The molecule has 2 rings (SSSR count). The van der Waals surface area contributed by atoms with Crippen molar-refractivity contribution >= 4 is 27.6 Å². The number of carbonyl (C=O) groups excluding carboxylic acids is 1. The van der Waals surface area contributed by atoms with Gasteiger partial charge < -0.3 is 10.1 Å². The Hall–Kier alpha value is -1.03. The normalized spacial score (nSPS) is 18.3. The highest BCUT2D eigenvalue weighted by Gasteiger charge is 2.48. The highest BCUT2D eigenvalue weighted by molar-refractivity contribution is 9.10. The van der Waals surface area contributed by atoms with Crippen LogP contribution in [-0.4, -0.2) is 18.6 Å². The summed E-state index contributed by atoms with van der Waals surface area (Å²) in [6.07, 6.45) is 2.15. The van der Waals surface area contributed by atoms with Crippen LogP contribution in [0.5, 0.6) is 0 Å². The minimum Gasteiger partial charge on any atom is -0.467 e. The first-order valence-electron chi connectivity index (χ1n) is 5.68. The molecule has 0 aromatic heterocycles. The van der Waals surface area contributed by atoms with E-state index in [0.29, 0.717) is 5.92 Å². The molecule has 0 heterocycles. The zero-order valence-electron chi connectivity index (χ0n) is 10.00. The highest BCUT2D eigenvalue weighted by atomic mass is 79.9. The number of carbonyl (C=O) groups is 1. The first-order chi connectivity index (χ1) is 8.06. The number of hydrogen-bond acceptors (Lipinski definition) is 3. The fraction of sp³-hybridized carbons (Fsp3) is 0.462. The lowest BCUT2D eigenvalue weighted by Gasteiger charge is -2.29. The smallest absolute Gasteiger partial charge is 0.331 e. The number of hydrogen-bond donors (Lipinski definition) is 1. The minimum atomic E-state index is -0.616. The third kappa shape index (κ3) is 2.63. The number of anilines is 1. The molecule has 1 fully saturated rings. The average molecular weight is 298 g/mol. The summed E-state index contributed by atoms with van der Waals surface area (Å²) in [5.74, 6) is 0.175. The second kappa shape index (κ2) is 4.69. The zero-order chi connectivity index (χ0) is 12.5. The molecule has 1 saturated carbocycles. The van der Waals surface area contributed by atoms with Crippen LogP contribution in [0.25, 0.3) is 0 Å². The van der Waals surface area contributed by atoms with E-state index in [1.54, 1.807) is 0 Å². The van der Waals surface area contributed by atoms with Gasteiger partial charge in [0.05, 0.1) is 7.11 Å². The van der Waals surface area contributed by atoms with E-state index >= 15 is 0 Å². The van der Waals surface area contributed by atoms with Gasteiger partial charge in [-0.05, 0) is 43.9 Å². The lowest BCUT2D eigenvalue weighted by molar-refractivity contribution is -0.146. The van der Waals surface area contributed by atoms with Gasteiger partial charge in [-0.1, -0.05) is 22.0 Å². The van der Waals surface area contributed by atoms with Gasteiger partial charge in [-0.3, -0.25) is 0 Å². The van der Waals surface area contributed by atoms with Gasteiger partial charge in [0.25, 0.3) is 0 Å². The van der Waals surface area contributed by atoms with Crippen LogP contribution < -0.4 is 5.32 Å². The van der Waals surface area contributed by atoms with Gasteiger partial charge in [-0.2, -0.15) is 0 Å². The van der Waals surface area contributed by atoms with Crippen LogP contribution in [0.15, 0.2) is 28.7 Å². The molecular formula is C13H16BrNO2. The van der Waals surface area contributed by atoms with Crippen molar-refractivity contribution in [2.24, 2.45) is 5.92 Å². The van der Waals surface area contributed by atoms with Gasteiger partial charge in [0.2, 0.25) is 0 Å². The molecule has 0 aliphatic heterocycles. The molecular weight excluding hydrogens is 282 g/mol. The Morgan fingerprint density at radius 2 is 2.24 bits per heavy atom. The molecule has 1 atom stereocenters. The average Bonchev–Trinajstić information content (AvgIpc) is 3.11. The van der Waals surface area contributed by atoms with Crippen LogP contribution in [-0.2, 0) is 9.53 Å². The fourth-order valence-electron chi connectivity index (χ4n) is 2.06. The molecule has 0 radical (unpaired) electrons. The monoisotopic (exact) mass is 297 g/mol. The molecule has 1 aliphatic carbocycles. The molecule has 1 aliphatic rings. The lowest BCUT2D eigenvalue weighted by atomic mass is 9.95. The number of benzene rings is 1. The maximum Gasteiger partial charge on any atom is 0.331 e. The summed E-state index contributed by atoms with van der Waals surface area (Å²) in [4.78, 5) is 11.9. The minimum absolute atomic E-state index is 0.194. The van der Waals surface area contributed by atoms with E-state index < -0.39 is 5.54 Å². The van der Waals surface area contributed by atoms with Gasteiger partial charge in [-0.25, -0.2) is 4.79 Å². The van der Waals surface area contributed by atoms with Crippen molar-refractivity contribution in [2.45, 2.75) is 25.3 Å². The molecule has 1 aromatic rings. The number of rotatable bonds is 4. The first-order valence-corrected chi connectivity index (χ1v) is 6.48. The van der Waals surface area contributed by atoms with Crippen molar-refractivity contribution in [3.8, 4) is 0 Å². The van der Waals surface area contributed by atoms with E-state index in [4.69, 9.17) is 4.74 Å². The third-order valence-corrected chi connectivity index (χ3v) is 3.73. The lowest BCUT2D eigenvalue weighted by Crippen LogP contribution is -2.46. The molecule has 1 aromatic carbocycles. The van der Waals surface area contributed by atoms with Gasteiger partial charge in [0.15, 0.2) is 0 Å². The fourth-order valence-corrected chi connectivity index (χ4v) is 2.46. The quantitative estimate of drug-likeness (QED) is 0.868. The van der Waals surface area contributed by atoms with Crippen molar-refractivity contribution in [2.75, 3.05) is 12.4 Å². The summed E-state index contributed by atoms with van der Waals surface area (Å²) >= 11 is 3.42. The summed E-state index contributed by atoms with van der Waals surface area (Å²) in [7, 11) is 1.44. The van der Waals surface area contributed by atoms with E-state index in [0.717, 1.165) is 23.0 Å². The van der Waals surface area contributed by atoms with Crippen LogP contribution in [0, 0.1) is 5.92 Å². The van der Waals surface area contributed by atoms with E-state index in [9.17, 15) is 4.79 Å². The zero-order valence-corrected chi connectivity index (χ0v) is 11.6. The molecule has 1 unspecified atom stereocenters. The maximum atomic E-state index is 11.9. The van der Waals surface area contributed by atoms with E-state index in [2.05, 4.69) is 21.2 Å². The van der Waals surface area contributed by atoms with Gasteiger partial charge in [0.1, 0.15) is 5.54 Å². The van der Waals surface area contributed by atoms with Crippen molar-refractivity contribution in [3.63, 3.8) is 0 Å². The predicted molar refractivity (Wildman–Crippen MR) is 70.9 cm³/mol. The Balaban J connectivity index is 2.21. The van der Waals surface area contributed by atoms with Crippen molar-refractivity contribution in [1.29, 1.82) is 0 Å². The molecule has 0 saturated heterocycles. The summed E-state index contributed by atoms with van der Waals surface area (Å²) in [5.41, 5.74) is 0.314.